The van der Waals surface area contributed by atoms with E-state index in [1.165, 1.54) is 35.1 Å². The van der Waals surface area contributed by atoms with Gasteiger partial charge in [0.2, 0.25) is 0 Å². The van der Waals surface area contributed by atoms with Crippen molar-refractivity contribution in [3.63, 3.8) is 0 Å². The van der Waals surface area contributed by atoms with Crippen LogP contribution >= 0.6 is 15.9 Å². The Bertz CT molecular complexity index is 305. The van der Waals surface area contributed by atoms with Gasteiger partial charge in [-0.05, 0) is 49.5 Å². The lowest BCUT2D eigenvalue weighted by molar-refractivity contribution is 0.346. The van der Waals surface area contributed by atoms with Crippen molar-refractivity contribution in [2.75, 3.05) is 13.1 Å². The molecule has 70 valence electrons. The van der Waals surface area contributed by atoms with Gasteiger partial charge in [-0.2, -0.15) is 0 Å². The van der Waals surface area contributed by atoms with Crippen LogP contribution in [0.3, 0.4) is 0 Å². The van der Waals surface area contributed by atoms with Gasteiger partial charge in [-0.1, -0.05) is 28.1 Å². The van der Waals surface area contributed by atoms with Crippen LogP contribution in [0.5, 0.6) is 0 Å². The van der Waals surface area contributed by atoms with E-state index in [1.54, 1.807) is 0 Å². The first-order valence-corrected chi connectivity index (χ1v) is 5.51. The molecule has 13 heavy (non-hydrogen) atoms. The molecule has 0 spiro atoms. The van der Waals surface area contributed by atoms with E-state index in [4.69, 9.17) is 0 Å². The molecule has 0 aromatic heterocycles. The van der Waals surface area contributed by atoms with Gasteiger partial charge in [-0.25, -0.2) is 0 Å². The molecule has 1 aliphatic rings. The Balaban J connectivity index is 2.07. The normalized spacial score (nSPS) is 17.1. The van der Waals surface area contributed by atoms with Crippen molar-refractivity contribution < 1.29 is 0 Å². The molecule has 1 aromatic rings. The molecule has 0 saturated carbocycles. The number of nitrogens with one attached hydrogen (secondary N) is 1. The molecule has 1 N–H and O–H groups in total. The predicted molar refractivity (Wildman–Crippen MR) is 58.9 cm³/mol. The third kappa shape index (κ3) is 2.12. The van der Waals surface area contributed by atoms with Gasteiger partial charge in [0.05, 0.1) is 0 Å². The molecule has 0 radical (unpaired) electrons. The summed E-state index contributed by atoms with van der Waals surface area (Å²) in [5.41, 5.74) is 2.80. The Morgan fingerprint density at radius 1 is 1.46 bits per heavy atom. The SMILES string of the molecule is Cc1cc(CC2CNC2)ccc1Br. The molecule has 0 bridgehead atoms. The summed E-state index contributed by atoms with van der Waals surface area (Å²) in [6.45, 7) is 4.52. The number of rotatable bonds is 2. The van der Waals surface area contributed by atoms with Gasteiger partial charge < -0.3 is 5.32 Å². The lowest BCUT2D eigenvalue weighted by Gasteiger charge is -2.27. The third-order valence-corrected chi connectivity index (χ3v) is 3.50. The molecular weight excluding hydrogens is 226 g/mol. The second kappa shape index (κ2) is 3.81. The van der Waals surface area contributed by atoms with Gasteiger partial charge in [0, 0.05) is 4.47 Å². The molecule has 2 rings (SSSR count). The molecule has 0 amide bonds. The zero-order valence-electron chi connectivity index (χ0n) is 7.81. The van der Waals surface area contributed by atoms with E-state index in [-0.39, 0.29) is 0 Å². The van der Waals surface area contributed by atoms with E-state index >= 15 is 0 Å². The topological polar surface area (TPSA) is 12.0 Å². The Hall–Kier alpha value is -0.340. The minimum absolute atomic E-state index is 0.862. The maximum Gasteiger partial charge on any atom is 0.0204 e. The van der Waals surface area contributed by atoms with Gasteiger partial charge in [0.25, 0.3) is 0 Å². The predicted octanol–water partition coefficient (Wildman–Crippen LogP) is 2.52. The summed E-state index contributed by atoms with van der Waals surface area (Å²) in [4.78, 5) is 0. The lowest BCUT2D eigenvalue weighted by atomic mass is 9.94. The van der Waals surface area contributed by atoms with E-state index in [0.717, 1.165) is 5.92 Å². The largest absolute Gasteiger partial charge is 0.316 e. The lowest BCUT2D eigenvalue weighted by Crippen LogP contribution is -2.43. The molecule has 0 unspecified atom stereocenters. The van der Waals surface area contributed by atoms with Crippen LogP contribution in [0, 0.1) is 12.8 Å². The summed E-state index contributed by atoms with van der Waals surface area (Å²) >= 11 is 3.51. The highest BCUT2D eigenvalue weighted by atomic mass is 79.9. The van der Waals surface area contributed by atoms with Crippen LogP contribution in [-0.2, 0) is 6.42 Å². The Morgan fingerprint density at radius 2 is 2.23 bits per heavy atom. The summed E-state index contributed by atoms with van der Waals surface area (Å²) in [5, 5.41) is 3.30. The molecule has 1 aromatic carbocycles. The van der Waals surface area contributed by atoms with E-state index in [9.17, 15) is 0 Å². The average molecular weight is 240 g/mol. The van der Waals surface area contributed by atoms with Crippen molar-refractivity contribution in [2.24, 2.45) is 5.92 Å². The van der Waals surface area contributed by atoms with Crippen molar-refractivity contribution in [2.45, 2.75) is 13.3 Å². The highest BCUT2D eigenvalue weighted by Gasteiger charge is 2.16. The molecule has 1 aliphatic heterocycles. The minimum Gasteiger partial charge on any atom is -0.316 e. The molecule has 0 atom stereocenters. The van der Waals surface area contributed by atoms with Gasteiger partial charge in [0.1, 0.15) is 0 Å². The van der Waals surface area contributed by atoms with Crippen LogP contribution in [-0.4, -0.2) is 13.1 Å². The maximum atomic E-state index is 3.51. The van der Waals surface area contributed by atoms with Crippen LogP contribution in [0.2, 0.25) is 0 Å². The van der Waals surface area contributed by atoms with Crippen LogP contribution < -0.4 is 5.32 Å². The Kier molecular flexibility index (Phi) is 2.70. The molecule has 0 aliphatic carbocycles. The summed E-state index contributed by atoms with van der Waals surface area (Å²) in [7, 11) is 0. The maximum absolute atomic E-state index is 3.51. The number of hydrogen-bond donors (Lipinski definition) is 1. The summed E-state index contributed by atoms with van der Waals surface area (Å²) < 4.78 is 1.21. The van der Waals surface area contributed by atoms with E-state index in [0.29, 0.717) is 0 Å². The van der Waals surface area contributed by atoms with E-state index in [2.05, 4.69) is 46.4 Å². The first-order chi connectivity index (χ1) is 6.25. The minimum atomic E-state index is 0.862. The zero-order valence-corrected chi connectivity index (χ0v) is 9.39. The second-order valence-corrected chi connectivity index (χ2v) is 4.67. The monoisotopic (exact) mass is 239 g/mol. The van der Waals surface area contributed by atoms with Crippen LogP contribution in [0.25, 0.3) is 0 Å². The highest BCUT2D eigenvalue weighted by molar-refractivity contribution is 9.10. The smallest absolute Gasteiger partial charge is 0.0204 e. The van der Waals surface area contributed by atoms with Crippen molar-refractivity contribution in [1.29, 1.82) is 0 Å². The number of benzene rings is 1. The first kappa shape index (κ1) is 9.22. The molecule has 1 saturated heterocycles. The van der Waals surface area contributed by atoms with Crippen LogP contribution in [0.4, 0.5) is 0 Å². The third-order valence-electron chi connectivity index (χ3n) is 2.61. The van der Waals surface area contributed by atoms with Crippen molar-refractivity contribution in [1.82, 2.24) is 5.32 Å². The van der Waals surface area contributed by atoms with E-state index < -0.39 is 0 Å². The van der Waals surface area contributed by atoms with Gasteiger partial charge in [-0.15, -0.1) is 0 Å². The van der Waals surface area contributed by atoms with Crippen molar-refractivity contribution in [3.05, 3.63) is 33.8 Å². The van der Waals surface area contributed by atoms with Gasteiger partial charge >= 0.3 is 0 Å². The number of hydrogen-bond acceptors (Lipinski definition) is 1. The van der Waals surface area contributed by atoms with Crippen LogP contribution in [0.15, 0.2) is 22.7 Å². The standard InChI is InChI=1S/C11H14BrN/c1-8-4-9(2-3-11(8)12)5-10-6-13-7-10/h2-4,10,13H,5-7H2,1H3. The number of aryl methyl sites for hydroxylation is 1. The molecular formula is C11H14BrN. The highest BCUT2D eigenvalue weighted by Crippen LogP contribution is 2.20. The van der Waals surface area contributed by atoms with E-state index in [1.807, 2.05) is 0 Å². The Labute approximate surface area is 87.7 Å². The summed E-state index contributed by atoms with van der Waals surface area (Å²) in [5.74, 6) is 0.862. The number of halogens is 1. The fourth-order valence-corrected chi connectivity index (χ4v) is 1.91. The molecule has 1 heterocycles. The average Bonchev–Trinajstić information content (AvgIpc) is 2.04. The van der Waals surface area contributed by atoms with Crippen LogP contribution in [0.1, 0.15) is 11.1 Å². The molecule has 2 heteroatoms. The first-order valence-electron chi connectivity index (χ1n) is 4.71. The fourth-order valence-electron chi connectivity index (χ4n) is 1.66. The second-order valence-electron chi connectivity index (χ2n) is 3.81. The quantitative estimate of drug-likeness (QED) is 0.837. The summed E-state index contributed by atoms with van der Waals surface area (Å²) in [6.07, 6.45) is 1.22. The molecule has 1 fully saturated rings. The Morgan fingerprint density at radius 3 is 2.77 bits per heavy atom. The van der Waals surface area contributed by atoms with Crippen molar-refractivity contribution >= 4 is 15.9 Å². The van der Waals surface area contributed by atoms with Gasteiger partial charge in [0.15, 0.2) is 0 Å². The summed E-state index contributed by atoms with van der Waals surface area (Å²) in [6, 6.07) is 6.65. The fraction of sp³-hybridized carbons (Fsp3) is 0.455. The van der Waals surface area contributed by atoms with Gasteiger partial charge in [-0.3, -0.25) is 0 Å². The van der Waals surface area contributed by atoms with Crippen molar-refractivity contribution in [3.8, 4) is 0 Å². The molecule has 1 nitrogen and oxygen atoms in total. The zero-order chi connectivity index (χ0) is 9.26.